The van der Waals surface area contributed by atoms with E-state index < -0.39 is 27.5 Å². The summed E-state index contributed by atoms with van der Waals surface area (Å²) in [5.41, 5.74) is -0.0124. The Kier molecular flexibility index (Phi) is 5.74. The highest BCUT2D eigenvalue weighted by Gasteiger charge is 2.29. The molecule has 0 amide bonds. The second kappa shape index (κ2) is 7.48. The number of aryl methyl sites for hydroxylation is 1. The lowest BCUT2D eigenvalue weighted by atomic mass is 10.2. The Morgan fingerprint density at radius 1 is 1.19 bits per heavy atom. The number of benzene rings is 2. The number of halogens is 2. The average molecular weight is 419 g/mol. The normalized spacial score (nSPS) is 11.2. The third kappa shape index (κ3) is 4.06. The van der Waals surface area contributed by atoms with Crippen molar-refractivity contribution in [2.75, 3.05) is 10.8 Å². The SMILES string of the molecule is Cc1cc([N+](=O)[O-])ccc1N(CC(=O)O)S(=O)(=O)c1ccc(Cl)c(Cl)c1. The van der Waals surface area contributed by atoms with Gasteiger partial charge in [0.1, 0.15) is 6.54 Å². The zero-order valence-corrected chi connectivity index (χ0v) is 15.5. The second-order valence-corrected chi connectivity index (χ2v) is 7.89. The topological polar surface area (TPSA) is 118 Å². The number of carboxylic acids is 1. The molecule has 8 nitrogen and oxygen atoms in total. The Balaban J connectivity index is 2.62. The number of rotatable bonds is 6. The zero-order valence-electron chi connectivity index (χ0n) is 13.2. The Morgan fingerprint density at radius 3 is 2.35 bits per heavy atom. The van der Waals surface area contributed by atoms with Crippen molar-refractivity contribution in [3.63, 3.8) is 0 Å². The van der Waals surface area contributed by atoms with E-state index in [0.717, 1.165) is 18.2 Å². The molecule has 2 aromatic carbocycles. The Hall–Kier alpha value is -2.36. The molecule has 1 N–H and O–H groups in total. The number of aliphatic carboxylic acids is 1. The van der Waals surface area contributed by atoms with Crippen LogP contribution in [0, 0.1) is 17.0 Å². The molecule has 26 heavy (non-hydrogen) atoms. The summed E-state index contributed by atoms with van der Waals surface area (Å²) >= 11 is 11.6. The molecule has 0 spiro atoms. The molecule has 0 aliphatic rings. The largest absolute Gasteiger partial charge is 0.480 e. The van der Waals surface area contributed by atoms with E-state index in [1.807, 2.05) is 0 Å². The first kappa shape index (κ1) is 20.0. The van der Waals surface area contributed by atoms with Crippen LogP contribution in [0.1, 0.15) is 5.56 Å². The Bertz CT molecular complexity index is 994. The van der Waals surface area contributed by atoms with E-state index in [9.17, 15) is 23.3 Å². The monoisotopic (exact) mass is 418 g/mol. The molecule has 0 saturated heterocycles. The highest BCUT2D eigenvalue weighted by molar-refractivity contribution is 7.92. The molecule has 0 unspecified atom stereocenters. The number of hydrogen-bond donors (Lipinski definition) is 1. The molecule has 2 rings (SSSR count). The van der Waals surface area contributed by atoms with Crippen LogP contribution in [0.5, 0.6) is 0 Å². The maximum absolute atomic E-state index is 12.9. The van der Waals surface area contributed by atoms with E-state index in [2.05, 4.69) is 0 Å². The molecule has 0 bridgehead atoms. The minimum absolute atomic E-state index is 0.00377. The lowest BCUT2D eigenvalue weighted by Gasteiger charge is -2.24. The van der Waals surface area contributed by atoms with Crippen LogP contribution in [0.3, 0.4) is 0 Å². The summed E-state index contributed by atoms with van der Waals surface area (Å²) in [6.45, 7) is 0.572. The fourth-order valence-corrected chi connectivity index (χ4v) is 4.09. The first-order valence-corrected chi connectivity index (χ1v) is 9.18. The lowest BCUT2D eigenvalue weighted by Crippen LogP contribution is -2.36. The molecule has 0 fully saturated rings. The molecular formula is C15H12Cl2N2O6S. The third-order valence-corrected chi connectivity index (χ3v) is 5.91. The first-order valence-electron chi connectivity index (χ1n) is 6.98. The van der Waals surface area contributed by atoms with Crippen molar-refractivity contribution in [2.45, 2.75) is 11.8 Å². The van der Waals surface area contributed by atoms with Crippen LogP contribution < -0.4 is 4.31 Å². The second-order valence-electron chi connectivity index (χ2n) is 5.21. The van der Waals surface area contributed by atoms with Gasteiger partial charge in [-0.3, -0.25) is 19.2 Å². The molecule has 0 aliphatic carbocycles. The van der Waals surface area contributed by atoms with E-state index >= 15 is 0 Å². The zero-order chi connectivity index (χ0) is 19.6. The van der Waals surface area contributed by atoms with Crippen molar-refractivity contribution in [3.8, 4) is 0 Å². The average Bonchev–Trinajstić information content (AvgIpc) is 2.55. The summed E-state index contributed by atoms with van der Waals surface area (Å²) in [5, 5.41) is 20.1. The fourth-order valence-electron chi connectivity index (χ4n) is 2.22. The van der Waals surface area contributed by atoms with E-state index in [1.54, 1.807) is 0 Å². The van der Waals surface area contributed by atoms with Crippen molar-refractivity contribution in [1.29, 1.82) is 0 Å². The van der Waals surface area contributed by atoms with Gasteiger partial charge in [-0.25, -0.2) is 8.42 Å². The molecule has 0 aromatic heterocycles. The molecule has 11 heteroatoms. The van der Waals surface area contributed by atoms with Gasteiger partial charge in [0.25, 0.3) is 15.7 Å². The molecular weight excluding hydrogens is 407 g/mol. The standard InChI is InChI=1S/C15H12Cl2N2O6S/c1-9-6-10(19(22)23)2-5-14(9)18(8-15(20)21)26(24,25)11-3-4-12(16)13(17)7-11/h2-7H,8H2,1H3,(H,20,21). The van der Waals surface area contributed by atoms with Crippen LogP contribution >= 0.6 is 23.2 Å². The number of carboxylic acid groups (broad SMARTS) is 1. The molecule has 0 heterocycles. The minimum atomic E-state index is -4.30. The van der Waals surface area contributed by atoms with Crippen LogP contribution in [0.25, 0.3) is 0 Å². The number of non-ortho nitro benzene ring substituents is 1. The predicted molar refractivity (Wildman–Crippen MR) is 96.5 cm³/mol. The Morgan fingerprint density at radius 2 is 1.85 bits per heavy atom. The minimum Gasteiger partial charge on any atom is -0.480 e. The van der Waals surface area contributed by atoms with Crippen LogP contribution in [-0.4, -0.2) is 31.0 Å². The molecule has 0 atom stereocenters. The van der Waals surface area contributed by atoms with Crippen LogP contribution in [0.15, 0.2) is 41.3 Å². The van der Waals surface area contributed by atoms with Crippen molar-refractivity contribution in [2.24, 2.45) is 0 Å². The van der Waals surface area contributed by atoms with Gasteiger partial charge in [0.2, 0.25) is 0 Å². The smallest absolute Gasteiger partial charge is 0.324 e. The van der Waals surface area contributed by atoms with E-state index in [0.29, 0.717) is 4.31 Å². The number of nitro benzene ring substituents is 1. The number of nitrogens with zero attached hydrogens (tertiary/aromatic N) is 2. The van der Waals surface area contributed by atoms with Crippen LogP contribution in [0.4, 0.5) is 11.4 Å². The van der Waals surface area contributed by atoms with Gasteiger partial charge in [-0.2, -0.15) is 0 Å². The lowest BCUT2D eigenvalue weighted by molar-refractivity contribution is -0.384. The quantitative estimate of drug-likeness (QED) is 0.566. The summed E-state index contributed by atoms with van der Waals surface area (Å²) in [6.07, 6.45) is 0. The van der Waals surface area contributed by atoms with Gasteiger partial charge < -0.3 is 5.11 Å². The van der Waals surface area contributed by atoms with Crippen LogP contribution in [-0.2, 0) is 14.8 Å². The van der Waals surface area contributed by atoms with E-state index in [-0.39, 0.29) is 31.9 Å². The molecule has 0 radical (unpaired) electrons. The highest BCUT2D eigenvalue weighted by atomic mass is 35.5. The number of sulfonamides is 1. The predicted octanol–water partition coefficient (Wildman–Crippen LogP) is 3.49. The first-order chi connectivity index (χ1) is 12.0. The van der Waals surface area contributed by atoms with Gasteiger partial charge in [-0.1, -0.05) is 23.2 Å². The molecule has 138 valence electrons. The summed E-state index contributed by atoms with van der Waals surface area (Å²) in [6, 6.07) is 7.02. The van der Waals surface area contributed by atoms with Gasteiger partial charge in [0, 0.05) is 12.1 Å². The number of hydrogen-bond acceptors (Lipinski definition) is 5. The summed E-state index contributed by atoms with van der Waals surface area (Å²) in [5.74, 6) is -1.40. The highest BCUT2D eigenvalue weighted by Crippen LogP contribution is 2.31. The number of anilines is 1. The van der Waals surface area contributed by atoms with Gasteiger partial charge in [-0.05, 0) is 36.8 Å². The Labute approximate surface area is 158 Å². The maximum atomic E-state index is 12.9. The van der Waals surface area contributed by atoms with Gasteiger partial charge >= 0.3 is 5.97 Å². The van der Waals surface area contributed by atoms with Gasteiger partial charge in [-0.15, -0.1) is 0 Å². The molecule has 0 aliphatic heterocycles. The van der Waals surface area contributed by atoms with Crippen molar-refractivity contribution < 1.29 is 23.2 Å². The van der Waals surface area contributed by atoms with Crippen LogP contribution in [0.2, 0.25) is 10.0 Å². The van der Waals surface area contributed by atoms with Gasteiger partial charge in [0.15, 0.2) is 0 Å². The van der Waals surface area contributed by atoms with Crippen molar-refractivity contribution >= 4 is 50.6 Å². The van der Waals surface area contributed by atoms with E-state index in [1.165, 1.54) is 25.1 Å². The van der Waals surface area contributed by atoms with Crippen molar-refractivity contribution in [1.82, 2.24) is 0 Å². The third-order valence-electron chi connectivity index (χ3n) is 3.42. The summed E-state index contributed by atoms with van der Waals surface area (Å²) in [7, 11) is -4.30. The summed E-state index contributed by atoms with van der Waals surface area (Å²) in [4.78, 5) is 21.2. The molecule has 0 saturated carbocycles. The number of carbonyl (C=O) groups is 1. The fraction of sp³-hybridized carbons (Fsp3) is 0.133. The maximum Gasteiger partial charge on any atom is 0.324 e. The van der Waals surface area contributed by atoms with Gasteiger partial charge in [0.05, 0.1) is 25.6 Å². The van der Waals surface area contributed by atoms with E-state index in [4.69, 9.17) is 28.3 Å². The number of nitro groups is 1. The molecule has 2 aromatic rings. The summed E-state index contributed by atoms with van der Waals surface area (Å²) < 4.78 is 26.5. The van der Waals surface area contributed by atoms with Crippen molar-refractivity contribution in [3.05, 3.63) is 62.1 Å².